The van der Waals surface area contributed by atoms with E-state index in [0.29, 0.717) is 0 Å². The summed E-state index contributed by atoms with van der Waals surface area (Å²) in [5.74, 6) is -0.350. The Kier molecular flexibility index (Phi) is 5.85. The number of rotatable bonds is 7. The maximum absolute atomic E-state index is 11.4. The van der Waals surface area contributed by atoms with Crippen molar-refractivity contribution < 1.29 is 19.4 Å². The zero-order valence-electron chi connectivity index (χ0n) is 11.2. The van der Waals surface area contributed by atoms with Crippen molar-refractivity contribution in [1.82, 2.24) is 5.32 Å². The second-order valence-corrected chi connectivity index (χ2v) is 4.36. The van der Waals surface area contributed by atoms with Gasteiger partial charge in [-0.3, -0.25) is 9.59 Å². The quantitative estimate of drug-likeness (QED) is 0.786. The fraction of sp³-hybridized carbons (Fsp3) is 0.429. The Morgan fingerprint density at radius 2 is 2.00 bits per heavy atom. The fourth-order valence-corrected chi connectivity index (χ4v) is 1.51. The fourth-order valence-electron chi connectivity index (χ4n) is 1.51. The minimum Gasteiger partial charge on any atom is -0.493 e. The van der Waals surface area contributed by atoms with Gasteiger partial charge in [0.25, 0.3) is 0 Å². The predicted molar refractivity (Wildman–Crippen MR) is 71.3 cm³/mol. The van der Waals surface area contributed by atoms with Crippen LogP contribution in [0.3, 0.4) is 0 Å². The molecule has 0 unspecified atom stereocenters. The Morgan fingerprint density at radius 3 is 2.68 bits per heavy atom. The van der Waals surface area contributed by atoms with E-state index in [1.165, 1.54) is 0 Å². The highest BCUT2D eigenvalue weighted by Gasteiger charge is 2.04. The van der Waals surface area contributed by atoms with Crippen LogP contribution in [0.1, 0.15) is 24.0 Å². The molecule has 104 valence electrons. The van der Waals surface area contributed by atoms with Crippen LogP contribution in [0.4, 0.5) is 0 Å². The van der Waals surface area contributed by atoms with Crippen LogP contribution in [0, 0.1) is 13.8 Å². The molecule has 1 rings (SSSR count). The lowest BCUT2D eigenvalue weighted by molar-refractivity contribution is -0.136. The van der Waals surface area contributed by atoms with Crippen LogP contribution < -0.4 is 10.1 Å². The van der Waals surface area contributed by atoms with Gasteiger partial charge in [-0.05, 0) is 31.0 Å². The first-order chi connectivity index (χ1) is 8.99. The molecule has 5 nitrogen and oxygen atoms in total. The summed E-state index contributed by atoms with van der Waals surface area (Å²) < 4.78 is 5.54. The molecule has 0 spiro atoms. The van der Waals surface area contributed by atoms with Crippen molar-refractivity contribution >= 4 is 11.9 Å². The number of amides is 1. The molecule has 0 saturated carbocycles. The van der Waals surface area contributed by atoms with E-state index >= 15 is 0 Å². The van der Waals surface area contributed by atoms with E-state index in [1.807, 2.05) is 32.0 Å². The normalized spacial score (nSPS) is 10.0. The zero-order valence-corrected chi connectivity index (χ0v) is 11.2. The highest BCUT2D eigenvalue weighted by atomic mass is 16.5. The minimum absolute atomic E-state index is 0.0659. The summed E-state index contributed by atoms with van der Waals surface area (Å²) in [5.41, 5.74) is 2.13. The van der Waals surface area contributed by atoms with E-state index in [0.717, 1.165) is 16.9 Å². The van der Waals surface area contributed by atoms with Gasteiger partial charge in [0.1, 0.15) is 5.75 Å². The van der Waals surface area contributed by atoms with Crippen molar-refractivity contribution in [2.75, 3.05) is 13.2 Å². The summed E-state index contributed by atoms with van der Waals surface area (Å²) in [6.07, 6.45) is 0.149. The molecule has 0 atom stereocenters. The lowest BCUT2D eigenvalue weighted by atomic mass is 10.1. The van der Waals surface area contributed by atoms with Crippen LogP contribution in [0.15, 0.2) is 18.2 Å². The number of hydrogen-bond acceptors (Lipinski definition) is 3. The topological polar surface area (TPSA) is 75.6 Å². The number of carboxylic acid groups (broad SMARTS) is 1. The Hall–Kier alpha value is -2.04. The number of carbonyl (C=O) groups is 2. The van der Waals surface area contributed by atoms with Gasteiger partial charge in [-0.1, -0.05) is 12.1 Å². The lowest BCUT2D eigenvalue weighted by Gasteiger charge is -2.10. The molecule has 0 radical (unpaired) electrons. The number of benzene rings is 1. The molecule has 1 aromatic carbocycles. The zero-order chi connectivity index (χ0) is 14.3. The maximum atomic E-state index is 11.4. The molecule has 0 aliphatic heterocycles. The second kappa shape index (κ2) is 7.41. The Morgan fingerprint density at radius 1 is 1.26 bits per heavy atom. The molecule has 19 heavy (non-hydrogen) atoms. The van der Waals surface area contributed by atoms with Crippen LogP contribution in [-0.2, 0) is 9.59 Å². The number of ether oxygens (including phenoxy) is 1. The molecule has 0 saturated heterocycles. The SMILES string of the molecule is Cc1ccc(C)c(OCCC(=O)NCCC(=O)O)c1. The van der Waals surface area contributed by atoms with Gasteiger partial charge in [0.2, 0.25) is 5.91 Å². The van der Waals surface area contributed by atoms with E-state index in [-0.39, 0.29) is 31.9 Å². The molecule has 0 aliphatic carbocycles. The van der Waals surface area contributed by atoms with Gasteiger partial charge in [-0.25, -0.2) is 0 Å². The van der Waals surface area contributed by atoms with E-state index in [2.05, 4.69) is 5.32 Å². The molecule has 1 aromatic rings. The first-order valence-electron chi connectivity index (χ1n) is 6.17. The molecule has 0 bridgehead atoms. The second-order valence-electron chi connectivity index (χ2n) is 4.36. The number of aliphatic carboxylic acids is 1. The number of hydrogen-bond donors (Lipinski definition) is 2. The van der Waals surface area contributed by atoms with Gasteiger partial charge >= 0.3 is 5.97 Å². The van der Waals surface area contributed by atoms with Gasteiger partial charge < -0.3 is 15.2 Å². The van der Waals surface area contributed by atoms with Crippen LogP contribution >= 0.6 is 0 Å². The first-order valence-corrected chi connectivity index (χ1v) is 6.17. The minimum atomic E-state index is -0.924. The Labute approximate surface area is 112 Å². The molecule has 0 aliphatic rings. The predicted octanol–water partition coefficient (Wildman–Crippen LogP) is 1.66. The van der Waals surface area contributed by atoms with E-state index in [4.69, 9.17) is 9.84 Å². The van der Waals surface area contributed by atoms with E-state index in [1.54, 1.807) is 0 Å². The number of nitrogens with one attached hydrogen (secondary N) is 1. The maximum Gasteiger partial charge on any atom is 0.305 e. The number of aryl methyl sites for hydroxylation is 2. The van der Waals surface area contributed by atoms with Gasteiger partial charge in [-0.2, -0.15) is 0 Å². The molecule has 0 fully saturated rings. The lowest BCUT2D eigenvalue weighted by Crippen LogP contribution is -2.27. The number of carbonyl (C=O) groups excluding carboxylic acids is 1. The Bertz CT molecular complexity index is 457. The molecule has 1 amide bonds. The molecule has 0 aromatic heterocycles. The molecule has 2 N–H and O–H groups in total. The van der Waals surface area contributed by atoms with Crippen molar-refractivity contribution in [2.24, 2.45) is 0 Å². The third kappa shape index (κ3) is 5.90. The highest BCUT2D eigenvalue weighted by Crippen LogP contribution is 2.19. The average Bonchev–Trinajstić information content (AvgIpc) is 2.33. The van der Waals surface area contributed by atoms with Crippen molar-refractivity contribution in [1.29, 1.82) is 0 Å². The van der Waals surface area contributed by atoms with Crippen LogP contribution in [0.2, 0.25) is 0 Å². The molecule has 5 heteroatoms. The largest absolute Gasteiger partial charge is 0.493 e. The Balaban J connectivity index is 2.28. The van der Waals surface area contributed by atoms with Crippen molar-refractivity contribution in [3.8, 4) is 5.75 Å². The van der Waals surface area contributed by atoms with E-state index < -0.39 is 5.97 Å². The summed E-state index contributed by atoms with van der Waals surface area (Å²) in [6.45, 7) is 4.35. The highest BCUT2D eigenvalue weighted by molar-refractivity contribution is 5.76. The third-order valence-electron chi connectivity index (χ3n) is 2.59. The van der Waals surface area contributed by atoms with Gasteiger partial charge in [0.15, 0.2) is 0 Å². The van der Waals surface area contributed by atoms with E-state index in [9.17, 15) is 9.59 Å². The van der Waals surface area contributed by atoms with Crippen LogP contribution in [0.25, 0.3) is 0 Å². The smallest absolute Gasteiger partial charge is 0.305 e. The van der Waals surface area contributed by atoms with Crippen LogP contribution in [0.5, 0.6) is 5.75 Å². The van der Waals surface area contributed by atoms with Gasteiger partial charge in [-0.15, -0.1) is 0 Å². The molecular formula is C14H19NO4. The summed E-state index contributed by atoms with van der Waals surface area (Å²) in [4.78, 5) is 21.7. The summed E-state index contributed by atoms with van der Waals surface area (Å²) in [6, 6.07) is 5.90. The third-order valence-corrected chi connectivity index (χ3v) is 2.59. The molecular weight excluding hydrogens is 246 g/mol. The van der Waals surface area contributed by atoms with Crippen molar-refractivity contribution in [2.45, 2.75) is 26.7 Å². The van der Waals surface area contributed by atoms with Gasteiger partial charge in [0, 0.05) is 6.54 Å². The summed E-state index contributed by atoms with van der Waals surface area (Å²) in [7, 11) is 0. The van der Waals surface area contributed by atoms with Crippen LogP contribution in [-0.4, -0.2) is 30.1 Å². The first kappa shape index (κ1) is 15.0. The monoisotopic (exact) mass is 265 g/mol. The van der Waals surface area contributed by atoms with Gasteiger partial charge in [0.05, 0.1) is 19.4 Å². The summed E-state index contributed by atoms with van der Waals surface area (Å²) >= 11 is 0. The summed E-state index contributed by atoms with van der Waals surface area (Å²) in [5, 5.41) is 11.0. The average molecular weight is 265 g/mol. The number of carboxylic acids is 1. The van der Waals surface area contributed by atoms with Crippen molar-refractivity contribution in [3.05, 3.63) is 29.3 Å². The van der Waals surface area contributed by atoms with Crippen molar-refractivity contribution in [3.63, 3.8) is 0 Å². The standard InChI is InChI=1S/C14H19NO4/c1-10-3-4-11(2)12(9-10)19-8-6-13(16)15-7-5-14(17)18/h3-4,9H,5-8H2,1-2H3,(H,15,16)(H,17,18). The molecule has 0 heterocycles.